The van der Waals surface area contributed by atoms with Crippen LogP contribution in [0, 0.1) is 20.8 Å². The van der Waals surface area contributed by atoms with Crippen LogP contribution in [0.1, 0.15) is 28.2 Å². The van der Waals surface area contributed by atoms with Crippen molar-refractivity contribution >= 4 is 11.5 Å². The Balaban J connectivity index is 1.70. The van der Waals surface area contributed by atoms with E-state index in [0.717, 1.165) is 52.9 Å². The van der Waals surface area contributed by atoms with Crippen molar-refractivity contribution in [1.82, 2.24) is 24.4 Å². The summed E-state index contributed by atoms with van der Waals surface area (Å²) in [7, 11) is 1.98. The molecular weight excluding hydrogens is 336 g/mol. The Hall–Kier alpha value is -3.15. The molecule has 0 unspecified atom stereocenters. The summed E-state index contributed by atoms with van der Waals surface area (Å²) in [5.74, 6) is 0.983. The fraction of sp³-hybridized carbons (Fsp3) is 0.286. The second-order valence-corrected chi connectivity index (χ2v) is 7.35. The number of hydrogen-bond acceptors (Lipinski definition) is 4. The van der Waals surface area contributed by atoms with E-state index in [1.54, 1.807) is 0 Å². The summed E-state index contributed by atoms with van der Waals surface area (Å²) in [4.78, 5) is 7.24. The van der Waals surface area contributed by atoms with Gasteiger partial charge in [0.2, 0.25) is 0 Å². The predicted molar refractivity (Wildman–Crippen MR) is 106 cm³/mol. The molecule has 0 amide bonds. The van der Waals surface area contributed by atoms with E-state index in [0.29, 0.717) is 0 Å². The Bertz CT molecular complexity index is 1160. The summed E-state index contributed by atoms with van der Waals surface area (Å²) in [6, 6.07) is 12.8. The molecule has 0 saturated carbocycles. The summed E-state index contributed by atoms with van der Waals surface area (Å²) < 4.78 is 3.87. The molecule has 5 rings (SSSR count). The quantitative estimate of drug-likeness (QED) is 0.550. The van der Waals surface area contributed by atoms with Crippen molar-refractivity contribution in [3.63, 3.8) is 0 Å². The summed E-state index contributed by atoms with van der Waals surface area (Å²) in [5, 5.41) is 9.29. The van der Waals surface area contributed by atoms with Crippen LogP contribution in [-0.2, 0) is 20.1 Å². The van der Waals surface area contributed by atoms with Gasteiger partial charge in [0.05, 0.1) is 17.1 Å². The highest BCUT2D eigenvalue weighted by molar-refractivity contribution is 5.71. The first kappa shape index (κ1) is 16.1. The number of anilines is 1. The number of hydrogen-bond donors (Lipinski definition) is 0. The molecule has 3 aromatic heterocycles. The van der Waals surface area contributed by atoms with Crippen molar-refractivity contribution in [2.45, 2.75) is 33.9 Å². The second-order valence-electron chi connectivity index (χ2n) is 7.35. The van der Waals surface area contributed by atoms with Crippen LogP contribution in [0.2, 0.25) is 0 Å². The molecule has 0 aliphatic carbocycles. The molecule has 4 heterocycles. The van der Waals surface area contributed by atoms with Crippen LogP contribution in [0.25, 0.3) is 16.9 Å². The molecule has 6 nitrogen and oxygen atoms in total. The van der Waals surface area contributed by atoms with Crippen molar-refractivity contribution in [3.8, 4) is 11.3 Å². The second kappa shape index (κ2) is 5.67. The minimum absolute atomic E-state index is 0.874. The van der Waals surface area contributed by atoms with Crippen molar-refractivity contribution in [3.05, 3.63) is 64.6 Å². The molecule has 4 aromatic rings. The fourth-order valence-electron chi connectivity index (χ4n) is 4.06. The molecule has 6 heteroatoms. The third-order valence-electron chi connectivity index (χ3n) is 5.47. The van der Waals surface area contributed by atoms with Gasteiger partial charge in [-0.05, 0) is 31.9 Å². The number of nitrogens with zero attached hydrogens (tertiary/aromatic N) is 6. The molecule has 0 fully saturated rings. The molecule has 0 N–H and O–H groups in total. The van der Waals surface area contributed by atoms with Gasteiger partial charge in [-0.25, -0.2) is 9.50 Å². The highest BCUT2D eigenvalue weighted by atomic mass is 15.3. The first-order valence-electron chi connectivity index (χ1n) is 9.21. The van der Waals surface area contributed by atoms with Gasteiger partial charge in [-0.3, -0.25) is 4.68 Å². The van der Waals surface area contributed by atoms with E-state index in [-0.39, 0.29) is 0 Å². The van der Waals surface area contributed by atoms with Gasteiger partial charge < -0.3 is 4.90 Å². The zero-order valence-corrected chi connectivity index (χ0v) is 16.1. The summed E-state index contributed by atoms with van der Waals surface area (Å²) in [5.41, 5.74) is 8.89. The summed E-state index contributed by atoms with van der Waals surface area (Å²) in [6.07, 6.45) is 0. The molecular formula is C21H22N6. The predicted octanol–water partition coefficient (Wildman–Crippen LogP) is 3.58. The van der Waals surface area contributed by atoms with Gasteiger partial charge in [0, 0.05) is 43.5 Å². The molecule has 0 radical (unpaired) electrons. The van der Waals surface area contributed by atoms with Crippen LogP contribution in [0.5, 0.6) is 0 Å². The Morgan fingerprint density at radius 1 is 0.926 bits per heavy atom. The van der Waals surface area contributed by atoms with E-state index >= 15 is 0 Å². The van der Waals surface area contributed by atoms with Gasteiger partial charge in [-0.15, -0.1) is 0 Å². The van der Waals surface area contributed by atoms with E-state index in [9.17, 15) is 0 Å². The average Bonchev–Trinajstić information content (AvgIpc) is 3.29. The number of rotatable bonds is 2. The molecule has 27 heavy (non-hydrogen) atoms. The van der Waals surface area contributed by atoms with Crippen molar-refractivity contribution in [2.75, 3.05) is 4.90 Å². The van der Waals surface area contributed by atoms with E-state index < -0.39 is 0 Å². The first-order valence-corrected chi connectivity index (χ1v) is 9.21. The zero-order chi connectivity index (χ0) is 18.7. The SMILES string of the molecule is Cc1cc2nc(N3Cc4ccccc4C3)cc(-c3c(C)nn(C)c3C)n2n1. The van der Waals surface area contributed by atoms with Crippen LogP contribution < -0.4 is 4.90 Å². The lowest BCUT2D eigenvalue weighted by Crippen LogP contribution is -2.17. The normalized spacial score (nSPS) is 13.6. The number of benzene rings is 1. The topological polar surface area (TPSA) is 51.2 Å². The minimum atomic E-state index is 0.874. The highest BCUT2D eigenvalue weighted by Gasteiger charge is 2.23. The van der Waals surface area contributed by atoms with Crippen molar-refractivity contribution < 1.29 is 0 Å². The lowest BCUT2D eigenvalue weighted by Gasteiger charge is -2.18. The van der Waals surface area contributed by atoms with Gasteiger partial charge in [0.1, 0.15) is 5.82 Å². The van der Waals surface area contributed by atoms with Crippen molar-refractivity contribution in [2.24, 2.45) is 7.05 Å². The summed E-state index contributed by atoms with van der Waals surface area (Å²) in [6.45, 7) is 7.93. The standard InChI is InChI=1S/C21H22N6/c1-13-9-20-22-19(26-11-16-7-5-6-8-17(16)12-26)10-18(27(20)23-13)21-14(2)24-25(4)15(21)3/h5-10H,11-12H2,1-4H3. The molecule has 1 aliphatic rings. The molecule has 0 spiro atoms. The van der Waals surface area contributed by atoms with Crippen LogP contribution in [0.15, 0.2) is 36.4 Å². The van der Waals surface area contributed by atoms with Crippen molar-refractivity contribution in [1.29, 1.82) is 0 Å². The first-order chi connectivity index (χ1) is 13.0. The third-order valence-corrected chi connectivity index (χ3v) is 5.47. The van der Waals surface area contributed by atoms with Crippen LogP contribution >= 0.6 is 0 Å². The molecule has 136 valence electrons. The fourth-order valence-corrected chi connectivity index (χ4v) is 4.06. The molecule has 1 aliphatic heterocycles. The largest absolute Gasteiger partial charge is 0.348 e. The Labute approximate surface area is 158 Å². The number of fused-ring (bicyclic) bond motifs is 2. The van der Waals surface area contributed by atoms with E-state index in [1.807, 2.05) is 29.2 Å². The monoisotopic (exact) mass is 358 g/mol. The molecule has 0 saturated heterocycles. The maximum Gasteiger partial charge on any atom is 0.158 e. The Morgan fingerprint density at radius 3 is 2.26 bits per heavy atom. The maximum atomic E-state index is 4.91. The highest BCUT2D eigenvalue weighted by Crippen LogP contribution is 2.33. The van der Waals surface area contributed by atoms with Crippen LogP contribution in [0.3, 0.4) is 0 Å². The third kappa shape index (κ3) is 2.44. The van der Waals surface area contributed by atoms with Gasteiger partial charge in [-0.2, -0.15) is 10.2 Å². The average molecular weight is 358 g/mol. The minimum Gasteiger partial charge on any atom is -0.348 e. The zero-order valence-electron chi connectivity index (χ0n) is 16.1. The lowest BCUT2D eigenvalue weighted by atomic mass is 10.1. The molecule has 1 aromatic carbocycles. The smallest absolute Gasteiger partial charge is 0.158 e. The van der Waals surface area contributed by atoms with Gasteiger partial charge in [-0.1, -0.05) is 24.3 Å². The summed E-state index contributed by atoms with van der Waals surface area (Å²) >= 11 is 0. The number of aromatic nitrogens is 5. The van der Waals surface area contributed by atoms with Gasteiger partial charge in [0.25, 0.3) is 0 Å². The molecule has 0 bridgehead atoms. The van der Waals surface area contributed by atoms with E-state index in [4.69, 9.17) is 4.98 Å². The van der Waals surface area contributed by atoms with E-state index in [2.05, 4.69) is 59.3 Å². The Morgan fingerprint density at radius 2 is 1.63 bits per heavy atom. The van der Waals surface area contributed by atoms with E-state index in [1.165, 1.54) is 11.1 Å². The molecule has 0 atom stereocenters. The van der Waals surface area contributed by atoms with Crippen LogP contribution in [-0.4, -0.2) is 24.4 Å². The van der Waals surface area contributed by atoms with Gasteiger partial charge in [0.15, 0.2) is 5.65 Å². The maximum absolute atomic E-state index is 4.91. The van der Waals surface area contributed by atoms with Gasteiger partial charge >= 0.3 is 0 Å². The Kier molecular flexibility index (Phi) is 3.37. The van der Waals surface area contributed by atoms with Crippen LogP contribution in [0.4, 0.5) is 5.82 Å². The number of aryl methyl sites for hydroxylation is 3. The lowest BCUT2D eigenvalue weighted by molar-refractivity contribution is 0.731.